The molecule has 170 valence electrons. The molecule has 5 atom stereocenters. The standard InChI is InChI=1S/C24H36N4O3/c1-15(2)21(26-23(30)16(3)25)24(31)28-14-19(18-10-6-5-7-11-18)22-20(28)12-8-9-13-27(22)17(4)29/h5-7,10-11,15-16,19-22H,8-9,12-14,25H2,1-4H3,(H,26,30)/t16-,19-,20-,21-,22-/m0/s1. The first-order valence-electron chi connectivity index (χ1n) is 11.4. The summed E-state index contributed by atoms with van der Waals surface area (Å²) in [6.07, 6.45) is 2.76. The highest BCUT2D eigenvalue weighted by molar-refractivity contribution is 5.90. The topological polar surface area (TPSA) is 95.7 Å². The van der Waals surface area contributed by atoms with Crippen molar-refractivity contribution in [1.29, 1.82) is 0 Å². The molecule has 2 aliphatic rings. The summed E-state index contributed by atoms with van der Waals surface area (Å²) in [4.78, 5) is 42.5. The lowest BCUT2D eigenvalue weighted by molar-refractivity contribution is -0.140. The fourth-order valence-corrected chi connectivity index (χ4v) is 5.04. The molecule has 1 aromatic rings. The van der Waals surface area contributed by atoms with Crippen LogP contribution < -0.4 is 11.1 Å². The van der Waals surface area contributed by atoms with Crippen LogP contribution >= 0.6 is 0 Å². The summed E-state index contributed by atoms with van der Waals surface area (Å²) in [6.45, 7) is 8.36. The van der Waals surface area contributed by atoms with Crippen LogP contribution in [0.4, 0.5) is 0 Å². The highest BCUT2D eigenvalue weighted by Gasteiger charge is 2.49. The first kappa shape index (κ1) is 23.3. The van der Waals surface area contributed by atoms with Gasteiger partial charge >= 0.3 is 0 Å². The van der Waals surface area contributed by atoms with Crippen molar-refractivity contribution in [3.05, 3.63) is 35.9 Å². The second kappa shape index (κ2) is 9.81. The Hall–Kier alpha value is -2.41. The third-order valence-corrected chi connectivity index (χ3v) is 6.67. The number of hydrogen-bond donors (Lipinski definition) is 2. The Morgan fingerprint density at radius 2 is 1.74 bits per heavy atom. The molecule has 7 nitrogen and oxygen atoms in total. The molecule has 0 aromatic heterocycles. The smallest absolute Gasteiger partial charge is 0.245 e. The van der Waals surface area contributed by atoms with Crippen LogP contribution in [0.1, 0.15) is 58.4 Å². The van der Waals surface area contributed by atoms with Gasteiger partial charge in [-0.05, 0) is 37.7 Å². The van der Waals surface area contributed by atoms with Gasteiger partial charge in [-0.1, -0.05) is 44.2 Å². The molecule has 0 radical (unpaired) electrons. The zero-order valence-electron chi connectivity index (χ0n) is 19.1. The predicted molar refractivity (Wildman–Crippen MR) is 120 cm³/mol. The molecular weight excluding hydrogens is 392 g/mol. The molecule has 0 aliphatic carbocycles. The molecule has 3 amide bonds. The number of nitrogens with one attached hydrogen (secondary N) is 1. The Labute approximate surface area is 185 Å². The maximum absolute atomic E-state index is 13.7. The van der Waals surface area contributed by atoms with Crippen LogP contribution in [-0.4, -0.2) is 64.8 Å². The van der Waals surface area contributed by atoms with Crippen LogP contribution in [0.2, 0.25) is 0 Å². The molecule has 7 heteroatoms. The Morgan fingerprint density at radius 3 is 2.32 bits per heavy atom. The van der Waals surface area contributed by atoms with Crippen LogP contribution in [0.25, 0.3) is 0 Å². The molecule has 2 aliphatic heterocycles. The van der Waals surface area contributed by atoms with E-state index in [4.69, 9.17) is 5.73 Å². The lowest BCUT2D eigenvalue weighted by Gasteiger charge is -2.36. The molecule has 31 heavy (non-hydrogen) atoms. The second-order valence-corrected chi connectivity index (χ2v) is 9.29. The van der Waals surface area contributed by atoms with Gasteiger partial charge in [-0.25, -0.2) is 0 Å². The number of fused-ring (bicyclic) bond motifs is 1. The number of nitrogens with two attached hydrogens (primary N) is 1. The highest BCUT2D eigenvalue weighted by Crippen LogP contribution is 2.40. The quantitative estimate of drug-likeness (QED) is 0.748. The number of likely N-dealkylation sites (tertiary alicyclic amines) is 2. The predicted octanol–water partition coefficient (Wildman–Crippen LogP) is 1.87. The van der Waals surface area contributed by atoms with E-state index in [0.29, 0.717) is 6.54 Å². The van der Waals surface area contributed by atoms with Crippen molar-refractivity contribution >= 4 is 17.7 Å². The van der Waals surface area contributed by atoms with Crippen LogP contribution in [0.5, 0.6) is 0 Å². The molecule has 2 fully saturated rings. The van der Waals surface area contributed by atoms with E-state index in [-0.39, 0.29) is 41.6 Å². The molecule has 0 bridgehead atoms. The Bertz CT molecular complexity index is 795. The van der Waals surface area contributed by atoms with E-state index in [1.165, 1.54) is 0 Å². The van der Waals surface area contributed by atoms with Gasteiger partial charge in [-0.15, -0.1) is 0 Å². The largest absolute Gasteiger partial charge is 0.343 e. The molecule has 3 rings (SSSR count). The first-order chi connectivity index (χ1) is 14.7. The molecular formula is C24H36N4O3. The Kier molecular flexibility index (Phi) is 7.36. The van der Waals surface area contributed by atoms with Crippen molar-refractivity contribution in [3.8, 4) is 0 Å². The van der Waals surface area contributed by atoms with Gasteiger partial charge in [0.05, 0.1) is 18.1 Å². The van der Waals surface area contributed by atoms with Gasteiger partial charge in [0.1, 0.15) is 6.04 Å². The Balaban J connectivity index is 1.96. The van der Waals surface area contributed by atoms with Gasteiger partial charge in [0.2, 0.25) is 17.7 Å². The molecule has 0 unspecified atom stereocenters. The number of rotatable bonds is 5. The third kappa shape index (κ3) is 4.92. The summed E-state index contributed by atoms with van der Waals surface area (Å²) >= 11 is 0. The van der Waals surface area contributed by atoms with E-state index >= 15 is 0 Å². The molecule has 2 saturated heterocycles. The van der Waals surface area contributed by atoms with Gasteiger partial charge in [0.25, 0.3) is 0 Å². The summed E-state index contributed by atoms with van der Waals surface area (Å²) in [5.41, 5.74) is 6.87. The van der Waals surface area contributed by atoms with E-state index in [0.717, 1.165) is 31.4 Å². The minimum atomic E-state index is -0.677. The van der Waals surface area contributed by atoms with Crippen molar-refractivity contribution in [1.82, 2.24) is 15.1 Å². The fourth-order valence-electron chi connectivity index (χ4n) is 5.04. The van der Waals surface area contributed by atoms with E-state index in [1.54, 1.807) is 13.8 Å². The summed E-state index contributed by atoms with van der Waals surface area (Å²) in [6, 6.07) is 8.72. The van der Waals surface area contributed by atoms with Gasteiger partial charge in [-0.3, -0.25) is 14.4 Å². The average molecular weight is 429 g/mol. The number of carbonyl (C=O) groups excluding carboxylic acids is 3. The third-order valence-electron chi connectivity index (χ3n) is 6.67. The van der Waals surface area contributed by atoms with Gasteiger partial charge in [-0.2, -0.15) is 0 Å². The highest BCUT2D eigenvalue weighted by atomic mass is 16.2. The van der Waals surface area contributed by atoms with Gasteiger partial charge in [0, 0.05) is 25.9 Å². The van der Waals surface area contributed by atoms with Gasteiger partial charge < -0.3 is 20.9 Å². The number of nitrogens with zero attached hydrogens (tertiary/aromatic N) is 2. The van der Waals surface area contributed by atoms with Crippen LogP contribution in [-0.2, 0) is 14.4 Å². The molecule has 1 aromatic carbocycles. The van der Waals surface area contributed by atoms with Crippen molar-refractivity contribution in [2.75, 3.05) is 13.1 Å². The Morgan fingerprint density at radius 1 is 1.06 bits per heavy atom. The second-order valence-electron chi connectivity index (χ2n) is 9.29. The van der Waals surface area contributed by atoms with E-state index in [9.17, 15) is 14.4 Å². The summed E-state index contributed by atoms with van der Waals surface area (Å²) in [5, 5.41) is 2.86. The van der Waals surface area contributed by atoms with Crippen molar-refractivity contribution in [3.63, 3.8) is 0 Å². The van der Waals surface area contributed by atoms with Crippen molar-refractivity contribution in [2.24, 2.45) is 11.7 Å². The SMILES string of the molecule is CC(=O)N1CCCC[C@H]2[C@@H]1[C@H](c1ccccc1)CN2C(=O)[C@@H](NC(=O)[C@H](C)N)C(C)C. The number of amides is 3. The van der Waals surface area contributed by atoms with E-state index in [2.05, 4.69) is 17.4 Å². The van der Waals surface area contributed by atoms with Crippen LogP contribution in [0.3, 0.4) is 0 Å². The summed E-state index contributed by atoms with van der Waals surface area (Å²) in [7, 11) is 0. The molecule has 0 spiro atoms. The van der Waals surface area contributed by atoms with Gasteiger partial charge in [0.15, 0.2) is 0 Å². The average Bonchev–Trinajstić information content (AvgIpc) is 2.96. The lowest BCUT2D eigenvalue weighted by Crippen LogP contribution is -2.56. The maximum atomic E-state index is 13.7. The van der Waals surface area contributed by atoms with Crippen LogP contribution in [0, 0.1) is 5.92 Å². The maximum Gasteiger partial charge on any atom is 0.245 e. The monoisotopic (exact) mass is 428 g/mol. The van der Waals surface area contributed by atoms with Crippen LogP contribution in [0.15, 0.2) is 30.3 Å². The zero-order valence-corrected chi connectivity index (χ0v) is 19.1. The normalized spacial score (nSPS) is 25.5. The lowest BCUT2D eigenvalue weighted by atomic mass is 9.89. The van der Waals surface area contributed by atoms with Crippen molar-refractivity contribution < 1.29 is 14.4 Å². The fraction of sp³-hybridized carbons (Fsp3) is 0.625. The minimum absolute atomic E-state index is 0.0501. The van der Waals surface area contributed by atoms with Crippen molar-refractivity contribution in [2.45, 2.75) is 77.0 Å². The zero-order chi connectivity index (χ0) is 22.7. The molecule has 0 saturated carbocycles. The summed E-state index contributed by atoms with van der Waals surface area (Å²) < 4.78 is 0. The van der Waals surface area contributed by atoms with E-state index in [1.807, 2.05) is 41.8 Å². The number of carbonyl (C=O) groups is 3. The number of hydrogen-bond acceptors (Lipinski definition) is 4. The molecule has 2 heterocycles. The molecule has 3 N–H and O–H groups in total. The minimum Gasteiger partial charge on any atom is -0.343 e. The number of benzene rings is 1. The first-order valence-corrected chi connectivity index (χ1v) is 11.4. The summed E-state index contributed by atoms with van der Waals surface area (Å²) in [5.74, 6) is -0.373. The van der Waals surface area contributed by atoms with E-state index < -0.39 is 12.1 Å².